The Morgan fingerprint density at radius 1 is 1.14 bits per heavy atom. The summed E-state index contributed by atoms with van der Waals surface area (Å²) in [5.41, 5.74) is 1.31. The number of anilines is 2. The average molecular weight is 400 g/mol. The first-order valence-corrected chi connectivity index (χ1v) is 9.26. The molecule has 9 heteroatoms. The number of halogens is 3. The largest absolute Gasteiger partial charge is 0.416 e. The van der Waals surface area contributed by atoms with Gasteiger partial charge in [-0.1, -0.05) is 17.4 Å². The molecule has 3 heterocycles. The lowest BCUT2D eigenvalue weighted by Crippen LogP contribution is -2.09. The van der Waals surface area contributed by atoms with Crippen LogP contribution in [0.1, 0.15) is 36.4 Å². The summed E-state index contributed by atoms with van der Waals surface area (Å²) in [5, 5.41) is 11.3. The van der Waals surface area contributed by atoms with Crippen molar-refractivity contribution in [1.29, 1.82) is 0 Å². The first-order valence-electron chi connectivity index (χ1n) is 9.26. The van der Waals surface area contributed by atoms with Gasteiger partial charge in [0.15, 0.2) is 0 Å². The molecule has 0 amide bonds. The molecule has 3 aromatic heterocycles. The van der Waals surface area contributed by atoms with Gasteiger partial charge in [-0.2, -0.15) is 13.2 Å². The van der Waals surface area contributed by atoms with Crippen LogP contribution in [0.3, 0.4) is 0 Å². The number of alkyl halides is 3. The Balaban J connectivity index is 1.59. The average Bonchev–Trinajstić information content (AvgIpc) is 3.18. The van der Waals surface area contributed by atoms with Gasteiger partial charge in [-0.25, -0.2) is 14.6 Å². The van der Waals surface area contributed by atoms with E-state index in [2.05, 4.69) is 37.7 Å². The van der Waals surface area contributed by atoms with Crippen molar-refractivity contribution < 1.29 is 13.2 Å². The third-order valence-corrected chi connectivity index (χ3v) is 4.65. The number of rotatable bonds is 4. The van der Waals surface area contributed by atoms with E-state index in [0.29, 0.717) is 17.2 Å². The van der Waals surface area contributed by atoms with Gasteiger partial charge in [0.1, 0.15) is 17.3 Å². The van der Waals surface area contributed by atoms with E-state index in [9.17, 15) is 13.2 Å². The van der Waals surface area contributed by atoms with E-state index in [1.54, 1.807) is 6.07 Å². The van der Waals surface area contributed by atoms with E-state index in [4.69, 9.17) is 0 Å². The smallest absolute Gasteiger partial charge is 0.325 e. The Hall–Kier alpha value is -3.23. The Labute approximate surface area is 165 Å². The van der Waals surface area contributed by atoms with Gasteiger partial charge in [-0.3, -0.25) is 0 Å². The minimum absolute atomic E-state index is 0.0693. The predicted octanol–water partition coefficient (Wildman–Crippen LogP) is 5.09. The van der Waals surface area contributed by atoms with Gasteiger partial charge in [-0.05, 0) is 56.0 Å². The van der Waals surface area contributed by atoms with Crippen molar-refractivity contribution in [3.8, 4) is 11.4 Å². The molecule has 0 saturated carbocycles. The highest BCUT2D eigenvalue weighted by Gasteiger charge is 2.30. The molecule has 0 saturated heterocycles. The summed E-state index contributed by atoms with van der Waals surface area (Å²) in [5.74, 6) is 0.457. The number of nitrogens with zero attached hydrogens (tertiary/aromatic N) is 5. The molecule has 6 nitrogen and oxygen atoms in total. The number of hydrogen-bond donors (Lipinski definition) is 1. The lowest BCUT2D eigenvalue weighted by molar-refractivity contribution is -0.137. The molecular weight excluding hydrogens is 381 g/mol. The van der Waals surface area contributed by atoms with Crippen molar-refractivity contribution in [2.45, 2.75) is 38.4 Å². The van der Waals surface area contributed by atoms with Crippen LogP contribution in [0.15, 0.2) is 48.8 Å². The van der Waals surface area contributed by atoms with Crippen LogP contribution in [-0.2, 0) is 6.18 Å². The highest BCUT2D eigenvalue weighted by atomic mass is 19.4. The zero-order valence-electron chi connectivity index (χ0n) is 15.7. The lowest BCUT2D eigenvalue weighted by atomic mass is 10.0. The second kappa shape index (κ2) is 7.65. The third kappa shape index (κ3) is 4.44. The van der Waals surface area contributed by atoms with Crippen LogP contribution >= 0.6 is 0 Å². The van der Waals surface area contributed by atoms with Crippen molar-refractivity contribution in [2.75, 3.05) is 5.32 Å². The molecule has 0 bridgehead atoms. The van der Waals surface area contributed by atoms with Gasteiger partial charge in [0.05, 0.1) is 23.5 Å². The van der Waals surface area contributed by atoms with Crippen LogP contribution < -0.4 is 5.32 Å². The fourth-order valence-corrected chi connectivity index (χ4v) is 3.24. The Morgan fingerprint density at radius 2 is 2.00 bits per heavy atom. The van der Waals surface area contributed by atoms with Crippen molar-refractivity contribution in [2.24, 2.45) is 0 Å². The number of aromatic nitrogens is 5. The topological polar surface area (TPSA) is 68.5 Å². The van der Waals surface area contributed by atoms with E-state index in [0.717, 1.165) is 43.2 Å². The first-order chi connectivity index (χ1) is 13.9. The molecule has 150 valence electrons. The Bertz CT molecular complexity index is 1040. The van der Waals surface area contributed by atoms with Gasteiger partial charge in [0.2, 0.25) is 0 Å². The van der Waals surface area contributed by atoms with Crippen molar-refractivity contribution in [3.05, 3.63) is 59.9 Å². The summed E-state index contributed by atoms with van der Waals surface area (Å²) >= 11 is 0. The van der Waals surface area contributed by atoms with Gasteiger partial charge in [-0.15, -0.1) is 5.10 Å². The molecule has 1 unspecified atom stereocenters. The number of allylic oxidation sites excluding steroid dienone is 2. The van der Waals surface area contributed by atoms with E-state index < -0.39 is 11.7 Å². The predicted molar refractivity (Wildman–Crippen MR) is 103 cm³/mol. The van der Waals surface area contributed by atoms with E-state index in [1.165, 1.54) is 0 Å². The molecule has 0 fully saturated rings. The zero-order chi connectivity index (χ0) is 20.4. The Morgan fingerprint density at radius 3 is 2.76 bits per heavy atom. The molecule has 4 rings (SSSR count). The highest BCUT2D eigenvalue weighted by molar-refractivity contribution is 5.61. The summed E-state index contributed by atoms with van der Waals surface area (Å²) in [4.78, 5) is 8.44. The molecule has 1 aliphatic carbocycles. The number of aryl methyl sites for hydroxylation is 1. The minimum atomic E-state index is -4.43. The summed E-state index contributed by atoms with van der Waals surface area (Å²) in [6, 6.07) is 5.66. The van der Waals surface area contributed by atoms with Crippen LogP contribution in [0.2, 0.25) is 0 Å². The second-order valence-corrected chi connectivity index (χ2v) is 6.98. The molecule has 1 atom stereocenters. The maximum Gasteiger partial charge on any atom is 0.416 e. The molecule has 0 radical (unpaired) electrons. The van der Waals surface area contributed by atoms with Crippen LogP contribution in [0, 0.1) is 6.92 Å². The van der Waals surface area contributed by atoms with Gasteiger partial charge < -0.3 is 5.32 Å². The SMILES string of the molecule is Cc1cc(Nc2cc(C(F)(F)F)ccn2)nc(-c2cn(C3C=CCCC3)nn2)c1. The quantitative estimate of drug-likeness (QED) is 0.618. The highest BCUT2D eigenvalue weighted by Crippen LogP contribution is 2.31. The second-order valence-electron chi connectivity index (χ2n) is 6.98. The number of nitrogens with one attached hydrogen (secondary N) is 1. The van der Waals surface area contributed by atoms with Crippen LogP contribution in [-0.4, -0.2) is 25.0 Å². The van der Waals surface area contributed by atoms with Crippen molar-refractivity contribution in [3.63, 3.8) is 0 Å². The first kappa shape index (κ1) is 19.1. The monoisotopic (exact) mass is 400 g/mol. The maximum atomic E-state index is 12.9. The Kier molecular flexibility index (Phi) is 5.04. The molecule has 29 heavy (non-hydrogen) atoms. The summed E-state index contributed by atoms with van der Waals surface area (Å²) in [6.45, 7) is 1.88. The van der Waals surface area contributed by atoms with Crippen molar-refractivity contribution in [1.82, 2.24) is 25.0 Å². The molecule has 1 aliphatic rings. The fraction of sp³-hybridized carbons (Fsp3) is 0.300. The molecule has 0 aromatic carbocycles. The minimum Gasteiger partial charge on any atom is -0.325 e. The summed E-state index contributed by atoms with van der Waals surface area (Å²) in [6.07, 6.45) is 5.99. The standard InChI is InChI=1S/C20H19F3N6/c1-13-9-16(17-12-29(28-27-17)15-5-3-2-4-6-15)25-19(10-13)26-18-11-14(7-8-24-18)20(21,22)23/h3,5,7-12,15H,2,4,6H2,1H3,(H,24,25,26). The molecular formula is C20H19F3N6. The van der Waals surface area contributed by atoms with Gasteiger partial charge in [0.25, 0.3) is 0 Å². The summed E-state index contributed by atoms with van der Waals surface area (Å²) < 4.78 is 40.6. The van der Waals surface area contributed by atoms with Gasteiger partial charge in [0, 0.05) is 6.20 Å². The number of pyridine rings is 2. The normalized spacial score (nSPS) is 16.8. The van der Waals surface area contributed by atoms with E-state index >= 15 is 0 Å². The molecule has 0 aliphatic heterocycles. The van der Waals surface area contributed by atoms with Crippen LogP contribution in [0.4, 0.5) is 24.8 Å². The molecule has 1 N–H and O–H groups in total. The third-order valence-electron chi connectivity index (χ3n) is 4.65. The molecule has 0 spiro atoms. The van der Waals surface area contributed by atoms with E-state index in [1.807, 2.05) is 23.9 Å². The maximum absolute atomic E-state index is 12.9. The zero-order valence-corrected chi connectivity index (χ0v) is 15.7. The lowest BCUT2D eigenvalue weighted by Gasteiger charge is -2.15. The van der Waals surface area contributed by atoms with Crippen LogP contribution in [0.25, 0.3) is 11.4 Å². The van der Waals surface area contributed by atoms with Crippen LogP contribution in [0.5, 0.6) is 0 Å². The van der Waals surface area contributed by atoms with Gasteiger partial charge >= 0.3 is 6.18 Å². The van der Waals surface area contributed by atoms with Crippen molar-refractivity contribution >= 4 is 11.6 Å². The molecule has 3 aromatic rings. The van der Waals surface area contributed by atoms with E-state index in [-0.39, 0.29) is 11.9 Å². The fourth-order valence-electron chi connectivity index (χ4n) is 3.24. The summed E-state index contributed by atoms with van der Waals surface area (Å²) in [7, 11) is 0. The number of hydrogen-bond acceptors (Lipinski definition) is 5.